The lowest BCUT2D eigenvalue weighted by atomic mass is 10.0. The summed E-state index contributed by atoms with van der Waals surface area (Å²) in [6.07, 6.45) is -0.593. The average Bonchev–Trinajstić information content (AvgIpc) is 2.50. The quantitative estimate of drug-likeness (QED) is 0.820. The molecule has 0 fully saturated rings. The summed E-state index contributed by atoms with van der Waals surface area (Å²) in [4.78, 5) is 12.4. The van der Waals surface area contributed by atoms with Crippen molar-refractivity contribution in [3.05, 3.63) is 58.6 Å². The Morgan fingerprint density at radius 2 is 1.83 bits per heavy atom. The van der Waals surface area contributed by atoms with E-state index in [0.29, 0.717) is 10.9 Å². The highest BCUT2D eigenvalue weighted by molar-refractivity contribution is 6.30. The van der Waals surface area contributed by atoms with Crippen molar-refractivity contribution in [1.82, 2.24) is 0 Å². The van der Waals surface area contributed by atoms with E-state index in [2.05, 4.69) is 19.2 Å². The van der Waals surface area contributed by atoms with Crippen molar-refractivity contribution in [2.24, 2.45) is 0 Å². The highest BCUT2D eigenvalue weighted by Crippen LogP contribution is 2.27. The molecule has 0 aliphatic carbocycles. The van der Waals surface area contributed by atoms with Gasteiger partial charge in [-0.2, -0.15) is 0 Å². The summed E-state index contributed by atoms with van der Waals surface area (Å²) in [6, 6.07) is 13.2. The fourth-order valence-electron chi connectivity index (χ4n) is 2.31. The predicted octanol–water partition coefficient (Wildman–Crippen LogP) is 5.18. The molecule has 122 valence electrons. The molecule has 0 bridgehead atoms. The van der Waals surface area contributed by atoms with Gasteiger partial charge in [0.1, 0.15) is 5.75 Å². The number of carbonyl (C=O) groups excluding carboxylic acids is 1. The largest absolute Gasteiger partial charge is 0.481 e. The SMILES string of the molecule is Cc1cc(Cl)ccc1NC(=O)[C@H](C)Oc1ccccc1C(C)C. The Labute approximate surface area is 142 Å². The zero-order chi connectivity index (χ0) is 17.0. The van der Waals surface area contributed by atoms with E-state index in [0.717, 1.165) is 22.6 Å². The molecule has 1 amide bonds. The maximum absolute atomic E-state index is 12.4. The molecule has 1 N–H and O–H groups in total. The van der Waals surface area contributed by atoms with Gasteiger partial charge in [-0.1, -0.05) is 43.6 Å². The summed E-state index contributed by atoms with van der Waals surface area (Å²) in [7, 11) is 0. The van der Waals surface area contributed by atoms with E-state index in [9.17, 15) is 4.79 Å². The van der Waals surface area contributed by atoms with Gasteiger partial charge in [0, 0.05) is 10.7 Å². The summed E-state index contributed by atoms with van der Waals surface area (Å²) >= 11 is 5.93. The number of hydrogen-bond acceptors (Lipinski definition) is 2. The number of para-hydroxylation sites is 1. The first-order valence-corrected chi connectivity index (χ1v) is 8.09. The van der Waals surface area contributed by atoms with E-state index in [-0.39, 0.29) is 5.91 Å². The zero-order valence-corrected chi connectivity index (χ0v) is 14.6. The number of rotatable bonds is 5. The van der Waals surface area contributed by atoms with Gasteiger partial charge >= 0.3 is 0 Å². The summed E-state index contributed by atoms with van der Waals surface area (Å²) in [5.74, 6) is 0.895. The third-order valence-corrected chi connectivity index (χ3v) is 3.90. The number of benzene rings is 2. The Hall–Kier alpha value is -2.00. The first kappa shape index (κ1) is 17.4. The Kier molecular flexibility index (Phi) is 5.67. The van der Waals surface area contributed by atoms with E-state index >= 15 is 0 Å². The van der Waals surface area contributed by atoms with E-state index in [1.165, 1.54) is 0 Å². The number of aryl methyl sites for hydroxylation is 1. The minimum absolute atomic E-state index is 0.186. The lowest BCUT2D eigenvalue weighted by Crippen LogP contribution is -2.30. The monoisotopic (exact) mass is 331 g/mol. The van der Waals surface area contributed by atoms with Crippen LogP contribution >= 0.6 is 11.6 Å². The molecule has 0 spiro atoms. The number of carbonyl (C=O) groups is 1. The maximum atomic E-state index is 12.4. The van der Waals surface area contributed by atoms with Gasteiger partial charge in [0.25, 0.3) is 5.91 Å². The molecular formula is C19H22ClNO2. The van der Waals surface area contributed by atoms with Gasteiger partial charge in [-0.05, 0) is 55.2 Å². The van der Waals surface area contributed by atoms with E-state index in [1.807, 2.05) is 37.3 Å². The topological polar surface area (TPSA) is 38.3 Å². The molecule has 2 rings (SSSR count). The Bertz CT molecular complexity index is 698. The molecular weight excluding hydrogens is 310 g/mol. The predicted molar refractivity (Wildman–Crippen MR) is 95.4 cm³/mol. The van der Waals surface area contributed by atoms with Crippen molar-refractivity contribution in [2.75, 3.05) is 5.32 Å². The molecule has 2 aromatic rings. The van der Waals surface area contributed by atoms with E-state index in [1.54, 1.807) is 19.1 Å². The lowest BCUT2D eigenvalue weighted by Gasteiger charge is -2.19. The van der Waals surface area contributed by atoms with Crippen molar-refractivity contribution in [2.45, 2.75) is 39.7 Å². The molecule has 23 heavy (non-hydrogen) atoms. The van der Waals surface area contributed by atoms with E-state index < -0.39 is 6.10 Å². The molecule has 0 aromatic heterocycles. The number of halogens is 1. The average molecular weight is 332 g/mol. The Balaban J connectivity index is 2.09. The first-order valence-electron chi connectivity index (χ1n) is 7.71. The van der Waals surface area contributed by atoms with Crippen LogP contribution in [0.4, 0.5) is 5.69 Å². The second-order valence-corrected chi connectivity index (χ2v) is 6.34. The van der Waals surface area contributed by atoms with Gasteiger partial charge < -0.3 is 10.1 Å². The molecule has 0 saturated carbocycles. The van der Waals surface area contributed by atoms with Crippen LogP contribution in [0.2, 0.25) is 5.02 Å². The van der Waals surface area contributed by atoms with Crippen LogP contribution in [0.3, 0.4) is 0 Å². The molecule has 1 atom stereocenters. The fraction of sp³-hybridized carbons (Fsp3) is 0.316. The van der Waals surface area contributed by atoms with Crippen molar-refractivity contribution in [3.8, 4) is 5.75 Å². The number of ether oxygens (including phenoxy) is 1. The molecule has 0 unspecified atom stereocenters. The van der Waals surface area contributed by atoms with Crippen LogP contribution in [0.25, 0.3) is 0 Å². The molecule has 0 aliphatic heterocycles. The van der Waals surface area contributed by atoms with Crippen LogP contribution in [0, 0.1) is 6.92 Å². The third kappa shape index (κ3) is 4.49. The molecule has 0 saturated heterocycles. The molecule has 0 heterocycles. The lowest BCUT2D eigenvalue weighted by molar-refractivity contribution is -0.122. The Morgan fingerprint density at radius 1 is 1.13 bits per heavy atom. The van der Waals surface area contributed by atoms with Gasteiger partial charge in [0.15, 0.2) is 6.10 Å². The highest BCUT2D eigenvalue weighted by Gasteiger charge is 2.18. The third-order valence-electron chi connectivity index (χ3n) is 3.66. The van der Waals surface area contributed by atoms with Crippen LogP contribution < -0.4 is 10.1 Å². The van der Waals surface area contributed by atoms with Crippen LogP contribution in [-0.4, -0.2) is 12.0 Å². The zero-order valence-electron chi connectivity index (χ0n) is 13.9. The van der Waals surface area contributed by atoms with Crippen molar-refractivity contribution < 1.29 is 9.53 Å². The van der Waals surface area contributed by atoms with Crippen LogP contribution in [0.1, 0.15) is 37.8 Å². The normalized spacial score (nSPS) is 12.1. The van der Waals surface area contributed by atoms with E-state index in [4.69, 9.17) is 16.3 Å². The number of anilines is 1. The summed E-state index contributed by atoms with van der Waals surface area (Å²) in [6.45, 7) is 7.85. The van der Waals surface area contributed by atoms with Crippen LogP contribution in [0.15, 0.2) is 42.5 Å². The summed E-state index contributed by atoms with van der Waals surface area (Å²) in [5, 5.41) is 3.53. The van der Waals surface area contributed by atoms with Crippen molar-refractivity contribution in [3.63, 3.8) is 0 Å². The van der Waals surface area contributed by atoms with Crippen molar-refractivity contribution in [1.29, 1.82) is 0 Å². The molecule has 0 radical (unpaired) electrons. The summed E-state index contributed by atoms with van der Waals surface area (Å²) < 4.78 is 5.87. The molecule has 4 heteroatoms. The molecule has 0 aliphatic rings. The number of hydrogen-bond donors (Lipinski definition) is 1. The van der Waals surface area contributed by atoms with Crippen molar-refractivity contribution >= 4 is 23.2 Å². The van der Waals surface area contributed by atoms with Crippen LogP contribution in [0.5, 0.6) is 5.75 Å². The smallest absolute Gasteiger partial charge is 0.265 e. The van der Waals surface area contributed by atoms with Gasteiger partial charge in [0.2, 0.25) is 0 Å². The van der Waals surface area contributed by atoms with Crippen LogP contribution in [-0.2, 0) is 4.79 Å². The summed E-state index contributed by atoms with van der Waals surface area (Å²) in [5.41, 5.74) is 2.75. The maximum Gasteiger partial charge on any atom is 0.265 e. The van der Waals surface area contributed by atoms with Gasteiger partial charge in [-0.15, -0.1) is 0 Å². The highest BCUT2D eigenvalue weighted by atomic mass is 35.5. The van der Waals surface area contributed by atoms with Gasteiger partial charge in [-0.25, -0.2) is 0 Å². The van der Waals surface area contributed by atoms with Gasteiger partial charge in [-0.3, -0.25) is 4.79 Å². The standard InChI is InChI=1S/C19H22ClNO2/c1-12(2)16-7-5-6-8-18(16)23-14(4)19(22)21-17-10-9-15(20)11-13(17)3/h5-12,14H,1-4H3,(H,21,22)/t14-/m0/s1. The molecule has 2 aromatic carbocycles. The minimum atomic E-state index is -0.593. The van der Waals surface area contributed by atoms with Gasteiger partial charge in [0.05, 0.1) is 0 Å². The first-order chi connectivity index (χ1) is 10.9. The Morgan fingerprint density at radius 3 is 2.48 bits per heavy atom. The molecule has 3 nitrogen and oxygen atoms in total. The second-order valence-electron chi connectivity index (χ2n) is 5.90. The number of amides is 1. The fourth-order valence-corrected chi connectivity index (χ4v) is 2.54. The number of nitrogens with one attached hydrogen (secondary N) is 1. The minimum Gasteiger partial charge on any atom is -0.481 e. The second kappa shape index (κ2) is 7.51.